The Bertz CT molecular complexity index is 1470. The predicted octanol–water partition coefficient (Wildman–Crippen LogP) is 22.7. The molecular formula is C71H124O6. The van der Waals surface area contributed by atoms with Crippen LogP contribution in [0.5, 0.6) is 0 Å². The number of ether oxygens (including phenoxy) is 3. The quantitative estimate of drug-likeness (QED) is 0.0261. The maximum absolute atomic E-state index is 12.9. The van der Waals surface area contributed by atoms with Gasteiger partial charge >= 0.3 is 17.9 Å². The summed E-state index contributed by atoms with van der Waals surface area (Å²) in [7, 11) is 0. The lowest BCUT2D eigenvalue weighted by Crippen LogP contribution is -2.30. The fraction of sp³-hybridized carbons (Fsp3) is 0.761. The van der Waals surface area contributed by atoms with Gasteiger partial charge < -0.3 is 14.2 Å². The van der Waals surface area contributed by atoms with E-state index >= 15 is 0 Å². The molecule has 6 nitrogen and oxygen atoms in total. The monoisotopic (exact) mass is 1070 g/mol. The largest absolute Gasteiger partial charge is 0.462 e. The molecule has 0 saturated carbocycles. The number of esters is 3. The summed E-state index contributed by atoms with van der Waals surface area (Å²) < 4.78 is 16.9. The predicted molar refractivity (Wildman–Crippen MR) is 334 cm³/mol. The molecule has 0 bridgehead atoms. The smallest absolute Gasteiger partial charge is 0.306 e. The number of unbranched alkanes of at least 4 members (excludes halogenated alkanes) is 35. The van der Waals surface area contributed by atoms with Crippen molar-refractivity contribution in [2.75, 3.05) is 13.2 Å². The van der Waals surface area contributed by atoms with Gasteiger partial charge in [0.1, 0.15) is 13.2 Å². The molecule has 0 aromatic heterocycles. The first-order chi connectivity index (χ1) is 38.0. The van der Waals surface area contributed by atoms with Gasteiger partial charge in [0.25, 0.3) is 0 Å². The van der Waals surface area contributed by atoms with Gasteiger partial charge in [-0.1, -0.05) is 279 Å². The topological polar surface area (TPSA) is 78.9 Å². The van der Waals surface area contributed by atoms with Crippen molar-refractivity contribution in [1.29, 1.82) is 0 Å². The van der Waals surface area contributed by atoms with Crippen molar-refractivity contribution in [2.45, 2.75) is 335 Å². The summed E-state index contributed by atoms with van der Waals surface area (Å²) in [5.41, 5.74) is 0. The second-order valence-electron chi connectivity index (χ2n) is 22.0. The van der Waals surface area contributed by atoms with E-state index in [-0.39, 0.29) is 31.1 Å². The van der Waals surface area contributed by atoms with Crippen LogP contribution in [0.4, 0.5) is 0 Å². The highest BCUT2D eigenvalue weighted by atomic mass is 16.6. The number of hydrogen-bond donors (Lipinski definition) is 0. The average molecular weight is 1070 g/mol. The first kappa shape index (κ1) is 73.6. The Balaban J connectivity index is 4.35. The van der Waals surface area contributed by atoms with Gasteiger partial charge in [-0.3, -0.25) is 14.4 Å². The first-order valence-electron chi connectivity index (χ1n) is 33.1. The number of allylic oxidation sites excluding steroid dienone is 14. The lowest BCUT2D eigenvalue weighted by molar-refractivity contribution is -0.167. The molecule has 0 saturated heterocycles. The van der Waals surface area contributed by atoms with Crippen LogP contribution in [0, 0.1) is 0 Å². The summed E-state index contributed by atoms with van der Waals surface area (Å²) in [5.74, 6) is -0.888. The van der Waals surface area contributed by atoms with Crippen molar-refractivity contribution < 1.29 is 28.6 Å². The number of rotatable bonds is 60. The maximum Gasteiger partial charge on any atom is 0.306 e. The second kappa shape index (κ2) is 65.1. The van der Waals surface area contributed by atoms with Crippen molar-refractivity contribution in [3.8, 4) is 0 Å². The summed E-state index contributed by atoms with van der Waals surface area (Å²) in [6.45, 7) is 6.53. The number of carbonyl (C=O) groups excluding carboxylic acids is 3. The first-order valence-corrected chi connectivity index (χ1v) is 33.1. The fourth-order valence-electron chi connectivity index (χ4n) is 9.40. The van der Waals surface area contributed by atoms with E-state index in [1.807, 2.05) is 0 Å². The van der Waals surface area contributed by atoms with Crippen LogP contribution in [0.25, 0.3) is 0 Å². The van der Waals surface area contributed by atoms with E-state index in [9.17, 15) is 14.4 Å². The zero-order chi connectivity index (χ0) is 55.7. The van der Waals surface area contributed by atoms with Gasteiger partial charge in [0.2, 0.25) is 0 Å². The third-order valence-corrected chi connectivity index (χ3v) is 14.4. The third-order valence-electron chi connectivity index (χ3n) is 14.4. The molecule has 0 aliphatic heterocycles. The molecule has 77 heavy (non-hydrogen) atoms. The van der Waals surface area contributed by atoms with E-state index in [2.05, 4.69) is 106 Å². The molecule has 0 aliphatic carbocycles. The zero-order valence-corrected chi connectivity index (χ0v) is 51.0. The van der Waals surface area contributed by atoms with E-state index in [4.69, 9.17) is 14.2 Å². The average Bonchev–Trinajstić information content (AvgIpc) is 3.43. The van der Waals surface area contributed by atoms with Crippen LogP contribution >= 0.6 is 0 Å². The molecule has 0 radical (unpaired) electrons. The van der Waals surface area contributed by atoms with Gasteiger partial charge in [-0.25, -0.2) is 0 Å². The lowest BCUT2D eigenvalue weighted by atomic mass is 10.0. The molecule has 0 amide bonds. The highest BCUT2D eigenvalue weighted by Gasteiger charge is 2.19. The molecule has 444 valence electrons. The van der Waals surface area contributed by atoms with E-state index in [1.165, 1.54) is 186 Å². The molecule has 0 heterocycles. The summed E-state index contributed by atoms with van der Waals surface area (Å²) in [5, 5.41) is 0. The van der Waals surface area contributed by atoms with Crippen LogP contribution in [0.2, 0.25) is 0 Å². The van der Waals surface area contributed by atoms with Crippen LogP contribution in [0.1, 0.15) is 329 Å². The molecule has 1 atom stereocenters. The van der Waals surface area contributed by atoms with Crippen molar-refractivity contribution in [1.82, 2.24) is 0 Å². The summed E-state index contributed by atoms with van der Waals surface area (Å²) in [6.07, 6.45) is 85.9. The number of hydrogen-bond acceptors (Lipinski definition) is 6. The zero-order valence-electron chi connectivity index (χ0n) is 51.0. The second-order valence-corrected chi connectivity index (χ2v) is 22.0. The minimum atomic E-state index is -0.787. The van der Waals surface area contributed by atoms with Crippen molar-refractivity contribution >= 4 is 17.9 Å². The molecule has 6 heteroatoms. The van der Waals surface area contributed by atoms with E-state index < -0.39 is 6.10 Å². The van der Waals surface area contributed by atoms with Gasteiger partial charge in [-0.15, -0.1) is 0 Å². The standard InChI is InChI=1S/C71H124O6/c1-4-7-10-13-16-19-22-25-28-31-33-34-35-36-37-38-39-41-43-46-49-52-55-58-61-64-70(73)76-67-68(66-75-69(72)63-60-57-54-51-48-45-42-30-27-24-21-18-15-12-9-6-3)77-71(74)65-62-59-56-53-50-47-44-40-32-29-26-23-20-17-14-11-8-5-2/h7,10,16,19,21,24-25,28-30,32-34,42,68H,4-6,8-9,11-15,17-18,20,22-23,26-27,31,35-41,43-67H2,1-3H3/b10-7-,19-16-,24-21-,28-25-,32-29-,34-33-,42-30-. The third kappa shape index (κ3) is 63.3. The van der Waals surface area contributed by atoms with E-state index in [0.29, 0.717) is 19.3 Å². The molecule has 0 rings (SSSR count). The van der Waals surface area contributed by atoms with Crippen molar-refractivity contribution in [3.05, 3.63) is 85.1 Å². The molecular weight excluding hydrogens is 949 g/mol. The highest BCUT2D eigenvalue weighted by molar-refractivity contribution is 5.71. The molecule has 0 aromatic rings. The molecule has 0 aromatic carbocycles. The van der Waals surface area contributed by atoms with E-state index in [0.717, 1.165) is 103 Å². The van der Waals surface area contributed by atoms with Crippen LogP contribution in [0.3, 0.4) is 0 Å². The molecule has 0 N–H and O–H groups in total. The van der Waals surface area contributed by atoms with Crippen molar-refractivity contribution in [2.24, 2.45) is 0 Å². The maximum atomic E-state index is 12.9. The minimum absolute atomic E-state index is 0.0821. The number of carbonyl (C=O) groups is 3. The van der Waals surface area contributed by atoms with Gasteiger partial charge in [0.05, 0.1) is 0 Å². The molecule has 0 fully saturated rings. The van der Waals surface area contributed by atoms with Crippen LogP contribution in [-0.4, -0.2) is 37.2 Å². The molecule has 0 aliphatic rings. The Kier molecular flexibility index (Phi) is 62.2. The van der Waals surface area contributed by atoms with Crippen LogP contribution in [0.15, 0.2) is 85.1 Å². The Morgan fingerprint density at radius 2 is 0.506 bits per heavy atom. The summed E-state index contributed by atoms with van der Waals surface area (Å²) in [4.78, 5) is 38.4. The highest BCUT2D eigenvalue weighted by Crippen LogP contribution is 2.16. The van der Waals surface area contributed by atoms with Gasteiger partial charge in [0.15, 0.2) is 6.10 Å². The Morgan fingerprint density at radius 3 is 0.818 bits per heavy atom. The lowest BCUT2D eigenvalue weighted by Gasteiger charge is -2.18. The van der Waals surface area contributed by atoms with Gasteiger partial charge in [0, 0.05) is 19.3 Å². The van der Waals surface area contributed by atoms with Crippen molar-refractivity contribution in [3.63, 3.8) is 0 Å². The summed E-state index contributed by atoms with van der Waals surface area (Å²) >= 11 is 0. The van der Waals surface area contributed by atoms with Gasteiger partial charge in [-0.2, -0.15) is 0 Å². The van der Waals surface area contributed by atoms with Gasteiger partial charge in [-0.05, 0) is 116 Å². The van der Waals surface area contributed by atoms with Crippen LogP contribution < -0.4 is 0 Å². The Hall–Kier alpha value is -3.41. The summed E-state index contributed by atoms with van der Waals surface area (Å²) in [6, 6.07) is 0. The molecule has 1 unspecified atom stereocenters. The SMILES string of the molecule is CC/C=C\C/C=C\C/C=C\C/C=C\CCCCCCCCCCCCCCC(=O)OCC(COC(=O)CCCCCCC/C=C\C/C=C\CCCCCC)OC(=O)CCCCCCCCC/C=C\CCCCCCCCC. The fourth-order valence-corrected chi connectivity index (χ4v) is 9.40. The van der Waals surface area contributed by atoms with Crippen LogP contribution in [-0.2, 0) is 28.6 Å². The minimum Gasteiger partial charge on any atom is -0.462 e. The normalized spacial score (nSPS) is 12.6. The van der Waals surface area contributed by atoms with E-state index in [1.54, 1.807) is 0 Å². The Labute approximate surface area is 477 Å². The Morgan fingerprint density at radius 1 is 0.273 bits per heavy atom. The molecule has 0 spiro atoms.